The highest BCUT2D eigenvalue weighted by Gasteiger charge is 2.22. The van der Waals surface area contributed by atoms with Crippen LogP contribution >= 0.6 is 11.3 Å². The van der Waals surface area contributed by atoms with Gasteiger partial charge in [0, 0.05) is 16.8 Å². The summed E-state index contributed by atoms with van der Waals surface area (Å²) in [5, 5.41) is 11.8. The fourth-order valence-corrected chi connectivity index (χ4v) is 5.12. The monoisotopic (exact) mass is 429 g/mol. The molecule has 0 unspecified atom stereocenters. The van der Waals surface area contributed by atoms with E-state index in [1.54, 1.807) is 6.21 Å². The Balaban J connectivity index is 1.63. The van der Waals surface area contributed by atoms with Crippen molar-refractivity contribution in [1.82, 2.24) is 4.57 Å². The third kappa shape index (κ3) is 4.16. The summed E-state index contributed by atoms with van der Waals surface area (Å²) in [7, 11) is 0. The number of para-hydroxylation sites is 1. The summed E-state index contributed by atoms with van der Waals surface area (Å²) in [6.45, 7) is 0. The summed E-state index contributed by atoms with van der Waals surface area (Å²) in [5.74, 6) is 0. The highest BCUT2D eigenvalue weighted by molar-refractivity contribution is 7.07. The first-order chi connectivity index (χ1) is 15.3. The quantitative estimate of drug-likeness (QED) is 0.235. The zero-order valence-electron chi connectivity index (χ0n) is 17.1. The average molecular weight is 430 g/mol. The molecule has 0 atom stereocenters. The lowest BCUT2D eigenvalue weighted by molar-refractivity contribution is 0.350. The summed E-state index contributed by atoms with van der Waals surface area (Å²) < 4.78 is 7.81. The first-order valence-electron chi connectivity index (χ1n) is 10.6. The fourth-order valence-electron chi connectivity index (χ4n) is 4.21. The highest BCUT2D eigenvalue weighted by atomic mass is 32.1. The molecule has 1 aliphatic carbocycles. The lowest BCUT2D eigenvalue weighted by Crippen LogP contribution is -2.24. The topological polar surface area (TPSA) is 59.9 Å². The molecule has 2 heterocycles. The number of thiazole rings is 1. The number of aromatic nitrogens is 1. The molecule has 0 spiro atoms. The third-order valence-electron chi connectivity index (χ3n) is 5.75. The van der Waals surface area contributed by atoms with E-state index in [-0.39, 0.29) is 5.63 Å². The van der Waals surface area contributed by atoms with Crippen molar-refractivity contribution < 1.29 is 4.42 Å². The van der Waals surface area contributed by atoms with Crippen LogP contribution in [0, 0.1) is 0 Å². The standard InChI is InChI=1S/C25H23N3O2S/c29-24-21(15-19-11-7-8-14-23(19)30-24)22-17-31-25(28(22)20-12-5-2-6-13-20)27-26-16-18-9-3-1-4-10-18/h1,3-4,7-11,14-17,20H,2,5-6,12-13H2/b26-16+,27-25-. The summed E-state index contributed by atoms with van der Waals surface area (Å²) in [6.07, 6.45) is 7.55. The fraction of sp³-hybridized carbons (Fsp3) is 0.240. The van der Waals surface area contributed by atoms with Crippen LogP contribution < -0.4 is 10.4 Å². The van der Waals surface area contributed by atoms with Gasteiger partial charge in [-0.3, -0.25) is 0 Å². The van der Waals surface area contributed by atoms with Crippen LogP contribution in [0.15, 0.2) is 85.5 Å². The SMILES string of the molecule is O=c1oc2ccccc2cc1-c1cs/c(=N\N=C\c2ccccc2)n1C1CCCCC1. The van der Waals surface area contributed by atoms with E-state index in [1.165, 1.54) is 30.6 Å². The molecule has 4 aromatic rings. The Hall–Kier alpha value is -3.25. The van der Waals surface area contributed by atoms with Gasteiger partial charge in [-0.1, -0.05) is 67.8 Å². The maximum absolute atomic E-state index is 12.8. The second kappa shape index (κ2) is 8.86. The minimum atomic E-state index is -0.319. The van der Waals surface area contributed by atoms with Gasteiger partial charge in [-0.2, -0.15) is 5.10 Å². The molecular formula is C25H23N3O2S. The molecule has 0 aliphatic heterocycles. The summed E-state index contributed by atoms with van der Waals surface area (Å²) >= 11 is 1.52. The van der Waals surface area contributed by atoms with Crippen LogP contribution in [0.4, 0.5) is 0 Å². The average Bonchev–Trinajstić information content (AvgIpc) is 3.23. The van der Waals surface area contributed by atoms with Gasteiger partial charge in [0.25, 0.3) is 0 Å². The van der Waals surface area contributed by atoms with E-state index in [9.17, 15) is 4.79 Å². The lowest BCUT2D eigenvalue weighted by Gasteiger charge is -2.24. The Morgan fingerprint density at radius 1 is 1.00 bits per heavy atom. The second-order valence-corrected chi connectivity index (χ2v) is 8.64. The maximum Gasteiger partial charge on any atom is 0.345 e. The number of benzene rings is 2. The van der Waals surface area contributed by atoms with Crippen molar-refractivity contribution in [3.63, 3.8) is 0 Å². The summed E-state index contributed by atoms with van der Waals surface area (Å²) in [5.41, 5.74) is 2.73. The zero-order valence-corrected chi connectivity index (χ0v) is 17.9. The van der Waals surface area contributed by atoms with Crippen LogP contribution in [0.3, 0.4) is 0 Å². The molecule has 1 aliphatic rings. The Kier molecular flexibility index (Phi) is 5.63. The first-order valence-corrected chi connectivity index (χ1v) is 11.5. The molecule has 2 aromatic heterocycles. The van der Waals surface area contributed by atoms with Crippen LogP contribution in [0.5, 0.6) is 0 Å². The van der Waals surface area contributed by atoms with E-state index >= 15 is 0 Å². The molecule has 1 saturated carbocycles. The minimum Gasteiger partial charge on any atom is -0.422 e. The first kappa shape index (κ1) is 19.7. The van der Waals surface area contributed by atoms with Crippen LogP contribution in [-0.2, 0) is 0 Å². The van der Waals surface area contributed by atoms with Crippen LogP contribution in [0.25, 0.3) is 22.2 Å². The third-order valence-corrected chi connectivity index (χ3v) is 6.58. The maximum atomic E-state index is 12.8. The molecule has 5 nitrogen and oxygen atoms in total. The molecule has 0 N–H and O–H groups in total. The molecule has 6 heteroatoms. The lowest BCUT2D eigenvalue weighted by atomic mass is 9.95. The number of nitrogens with zero attached hydrogens (tertiary/aromatic N) is 3. The predicted octanol–water partition coefficient (Wildman–Crippen LogP) is 5.76. The molecule has 31 heavy (non-hydrogen) atoms. The molecule has 0 amide bonds. The molecule has 0 saturated heterocycles. The van der Waals surface area contributed by atoms with Crippen molar-refractivity contribution in [2.75, 3.05) is 0 Å². The van der Waals surface area contributed by atoms with E-state index in [0.717, 1.165) is 34.3 Å². The number of fused-ring (bicyclic) bond motifs is 1. The number of hydrogen-bond donors (Lipinski definition) is 0. The zero-order chi connectivity index (χ0) is 21.0. The Labute approximate surface area is 184 Å². The Bertz CT molecular complexity index is 1340. The van der Waals surface area contributed by atoms with E-state index in [4.69, 9.17) is 4.42 Å². The molecule has 5 rings (SSSR count). The van der Waals surface area contributed by atoms with Crippen molar-refractivity contribution in [3.05, 3.63) is 86.8 Å². The van der Waals surface area contributed by atoms with Gasteiger partial charge in [-0.15, -0.1) is 16.4 Å². The molecule has 0 radical (unpaired) electrons. The van der Waals surface area contributed by atoms with Crippen LogP contribution in [0.1, 0.15) is 43.7 Å². The van der Waals surface area contributed by atoms with Gasteiger partial charge in [-0.05, 0) is 30.5 Å². The van der Waals surface area contributed by atoms with Crippen molar-refractivity contribution in [1.29, 1.82) is 0 Å². The van der Waals surface area contributed by atoms with E-state index in [0.29, 0.717) is 17.2 Å². The highest BCUT2D eigenvalue weighted by Crippen LogP contribution is 2.32. The van der Waals surface area contributed by atoms with E-state index in [2.05, 4.69) is 14.8 Å². The second-order valence-electron chi connectivity index (χ2n) is 7.81. The molecule has 156 valence electrons. The van der Waals surface area contributed by atoms with Crippen molar-refractivity contribution in [2.45, 2.75) is 38.1 Å². The van der Waals surface area contributed by atoms with Gasteiger partial charge in [-0.25, -0.2) is 4.79 Å². The molecule has 2 aromatic carbocycles. The van der Waals surface area contributed by atoms with Crippen LogP contribution in [0.2, 0.25) is 0 Å². The van der Waals surface area contributed by atoms with Crippen molar-refractivity contribution >= 4 is 28.5 Å². The van der Waals surface area contributed by atoms with E-state index in [1.807, 2.05) is 66.0 Å². The Morgan fingerprint density at radius 3 is 2.61 bits per heavy atom. The number of rotatable bonds is 4. The number of hydrogen-bond acceptors (Lipinski definition) is 5. The largest absolute Gasteiger partial charge is 0.422 e. The minimum absolute atomic E-state index is 0.312. The molecule has 1 fully saturated rings. The van der Waals surface area contributed by atoms with Gasteiger partial charge in [0.05, 0.1) is 17.5 Å². The van der Waals surface area contributed by atoms with Gasteiger partial charge in [0.2, 0.25) is 4.80 Å². The van der Waals surface area contributed by atoms with Crippen molar-refractivity contribution in [2.24, 2.45) is 10.2 Å². The van der Waals surface area contributed by atoms with Gasteiger partial charge in [0.1, 0.15) is 5.58 Å². The van der Waals surface area contributed by atoms with Crippen LogP contribution in [-0.4, -0.2) is 10.8 Å². The molecular weight excluding hydrogens is 406 g/mol. The van der Waals surface area contributed by atoms with Gasteiger partial charge < -0.3 is 8.98 Å². The normalized spacial score (nSPS) is 15.8. The smallest absolute Gasteiger partial charge is 0.345 e. The van der Waals surface area contributed by atoms with Gasteiger partial charge >= 0.3 is 5.63 Å². The van der Waals surface area contributed by atoms with Crippen molar-refractivity contribution in [3.8, 4) is 11.3 Å². The van der Waals surface area contributed by atoms with Gasteiger partial charge in [0.15, 0.2) is 0 Å². The summed E-state index contributed by atoms with van der Waals surface area (Å²) in [6, 6.07) is 19.8. The Morgan fingerprint density at radius 2 is 1.77 bits per heavy atom. The van der Waals surface area contributed by atoms with E-state index < -0.39 is 0 Å². The predicted molar refractivity (Wildman–Crippen MR) is 126 cm³/mol. The summed E-state index contributed by atoms with van der Waals surface area (Å²) in [4.78, 5) is 13.6. The molecule has 0 bridgehead atoms.